The summed E-state index contributed by atoms with van der Waals surface area (Å²) >= 11 is 0. The van der Waals surface area contributed by atoms with Crippen LogP contribution in [0.4, 0.5) is 0 Å². The Morgan fingerprint density at radius 3 is 2.56 bits per heavy atom. The summed E-state index contributed by atoms with van der Waals surface area (Å²) in [4.78, 5) is 18.2. The van der Waals surface area contributed by atoms with Crippen LogP contribution < -0.4 is 10.7 Å². The molecule has 0 spiro atoms. The maximum absolute atomic E-state index is 11.8. The van der Waals surface area contributed by atoms with Gasteiger partial charge in [-0.3, -0.25) is 4.79 Å². The van der Waals surface area contributed by atoms with Crippen LogP contribution in [0, 0.1) is 0 Å². The van der Waals surface area contributed by atoms with E-state index in [0.29, 0.717) is 32.1 Å². The molecule has 0 unspecified atom stereocenters. The molecule has 2 N–H and O–H groups in total. The molecule has 1 aliphatic heterocycles. The van der Waals surface area contributed by atoms with Gasteiger partial charge in [-0.2, -0.15) is 5.90 Å². The highest BCUT2D eigenvalue weighted by Crippen LogP contribution is 2.11. The van der Waals surface area contributed by atoms with Gasteiger partial charge < -0.3 is 14.5 Å². The first-order chi connectivity index (χ1) is 8.79. The summed E-state index contributed by atoms with van der Waals surface area (Å²) in [6.07, 6.45) is 3.35. The Hall–Kier alpha value is -1.85. The number of benzene rings is 1. The van der Waals surface area contributed by atoms with Gasteiger partial charge in [0.15, 0.2) is 0 Å². The molecule has 1 saturated heterocycles. The molecule has 2 rings (SSSR count). The minimum Gasteiger partial charge on any atom is -0.412 e. The average Bonchev–Trinajstić information content (AvgIpc) is 2.46. The first kappa shape index (κ1) is 12.6. The number of ether oxygens (including phenoxy) is 1. The fraction of sp³-hybridized carbons (Fsp3) is 0.308. The van der Waals surface area contributed by atoms with E-state index in [9.17, 15) is 4.79 Å². The fourth-order valence-corrected chi connectivity index (χ4v) is 1.71. The molecule has 96 valence electrons. The van der Waals surface area contributed by atoms with Crippen LogP contribution in [-0.2, 0) is 9.53 Å². The molecule has 1 aliphatic rings. The van der Waals surface area contributed by atoms with Crippen LogP contribution in [0.25, 0.3) is 6.08 Å². The number of nitrogens with zero attached hydrogens (tertiary/aromatic N) is 1. The van der Waals surface area contributed by atoms with Gasteiger partial charge in [-0.25, -0.2) is 0 Å². The zero-order valence-electron chi connectivity index (χ0n) is 10.0. The molecule has 1 aromatic carbocycles. The number of amides is 1. The molecule has 5 heteroatoms. The lowest BCUT2D eigenvalue weighted by Crippen LogP contribution is -2.39. The summed E-state index contributed by atoms with van der Waals surface area (Å²) in [5, 5.41) is 0. The topological polar surface area (TPSA) is 64.8 Å². The van der Waals surface area contributed by atoms with Gasteiger partial charge >= 0.3 is 0 Å². The summed E-state index contributed by atoms with van der Waals surface area (Å²) in [6.45, 7) is 2.54. The second-order valence-corrected chi connectivity index (χ2v) is 3.96. The third kappa shape index (κ3) is 3.32. The highest BCUT2D eigenvalue weighted by Gasteiger charge is 2.13. The zero-order chi connectivity index (χ0) is 12.8. The van der Waals surface area contributed by atoms with E-state index in [4.69, 9.17) is 10.6 Å². The Labute approximate surface area is 106 Å². The SMILES string of the molecule is NOc1ccc(/C=C/C(=O)N2CCOCC2)cc1. The van der Waals surface area contributed by atoms with Gasteiger partial charge in [-0.15, -0.1) is 0 Å². The van der Waals surface area contributed by atoms with Crippen LogP contribution in [0.5, 0.6) is 5.75 Å². The summed E-state index contributed by atoms with van der Waals surface area (Å²) in [7, 11) is 0. The van der Waals surface area contributed by atoms with Crippen LogP contribution in [-0.4, -0.2) is 37.1 Å². The summed E-state index contributed by atoms with van der Waals surface area (Å²) < 4.78 is 5.19. The number of morpholine rings is 1. The third-order valence-electron chi connectivity index (χ3n) is 2.76. The van der Waals surface area contributed by atoms with Gasteiger partial charge in [0.25, 0.3) is 0 Å². The van der Waals surface area contributed by atoms with E-state index in [-0.39, 0.29) is 5.91 Å². The molecule has 0 radical (unpaired) electrons. The Balaban J connectivity index is 1.94. The minimum atomic E-state index is 0.0115. The van der Waals surface area contributed by atoms with Crippen molar-refractivity contribution in [2.45, 2.75) is 0 Å². The van der Waals surface area contributed by atoms with Crippen LogP contribution in [0.3, 0.4) is 0 Å². The first-order valence-electron chi connectivity index (χ1n) is 5.81. The van der Waals surface area contributed by atoms with Gasteiger partial charge in [0.2, 0.25) is 5.91 Å². The van der Waals surface area contributed by atoms with Crippen molar-refractivity contribution < 1.29 is 14.4 Å². The molecule has 1 fully saturated rings. The van der Waals surface area contributed by atoms with Gasteiger partial charge in [-0.05, 0) is 23.8 Å². The van der Waals surface area contributed by atoms with Crippen molar-refractivity contribution in [3.05, 3.63) is 35.9 Å². The zero-order valence-corrected chi connectivity index (χ0v) is 10.0. The number of carbonyl (C=O) groups excluding carboxylic acids is 1. The quantitative estimate of drug-likeness (QED) is 0.635. The Morgan fingerprint density at radius 2 is 1.94 bits per heavy atom. The average molecular weight is 248 g/mol. The Kier molecular flexibility index (Phi) is 4.33. The lowest BCUT2D eigenvalue weighted by Gasteiger charge is -2.25. The lowest BCUT2D eigenvalue weighted by atomic mass is 10.2. The largest absolute Gasteiger partial charge is 0.412 e. The molecule has 18 heavy (non-hydrogen) atoms. The maximum atomic E-state index is 11.8. The highest BCUT2D eigenvalue weighted by molar-refractivity contribution is 5.91. The van der Waals surface area contributed by atoms with Crippen molar-refractivity contribution >= 4 is 12.0 Å². The van der Waals surface area contributed by atoms with Gasteiger partial charge in [0.05, 0.1) is 13.2 Å². The molecule has 0 bridgehead atoms. The number of nitrogens with two attached hydrogens (primary N) is 1. The van der Waals surface area contributed by atoms with Crippen molar-refractivity contribution in [2.75, 3.05) is 26.3 Å². The van der Waals surface area contributed by atoms with E-state index < -0.39 is 0 Å². The molecule has 5 nitrogen and oxygen atoms in total. The van der Waals surface area contributed by atoms with Crippen LogP contribution in [0.15, 0.2) is 30.3 Å². The van der Waals surface area contributed by atoms with Crippen molar-refractivity contribution in [3.8, 4) is 5.75 Å². The molecule has 0 aliphatic carbocycles. The van der Waals surface area contributed by atoms with Gasteiger partial charge in [0, 0.05) is 19.2 Å². The van der Waals surface area contributed by atoms with E-state index >= 15 is 0 Å². The van der Waals surface area contributed by atoms with E-state index in [1.165, 1.54) is 0 Å². The van der Waals surface area contributed by atoms with Crippen molar-refractivity contribution in [1.29, 1.82) is 0 Å². The smallest absolute Gasteiger partial charge is 0.246 e. The van der Waals surface area contributed by atoms with Crippen LogP contribution in [0.1, 0.15) is 5.56 Å². The molecular weight excluding hydrogens is 232 g/mol. The van der Waals surface area contributed by atoms with E-state index in [2.05, 4.69) is 4.84 Å². The standard InChI is InChI=1S/C13H16N2O3/c14-18-12-4-1-11(2-5-12)3-6-13(16)15-7-9-17-10-8-15/h1-6H,7-10,14H2/b6-3+. The Morgan fingerprint density at radius 1 is 1.28 bits per heavy atom. The molecular formula is C13H16N2O3. The number of hydrogen-bond acceptors (Lipinski definition) is 4. The number of rotatable bonds is 3. The minimum absolute atomic E-state index is 0.0115. The lowest BCUT2D eigenvalue weighted by molar-refractivity contribution is -0.129. The second-order valence-electron chi connectivity index (χ2n) is 3.96. The monoisotopic (exact) mass is 248 g/mol. The predicted octanol–water partition coefficient (Wildman–Crippen LogP) is 0.811. The highest BCUT2D eigenvalue weighted by atomic mass is 16.6. The first-order valence-corrected chi connectivity index (χ1v) is 5.81. The summed E-state index contributed by atoms with van der Waals surface area (Å²) in [6, 6.07) is 7.17. The van der Waals surface area contributed by atoms with Crippen LogP contribution >= 0.6 is 0 Å². The molecule has 1 heterocycles. The summed E-state index contributed by atoms with van der Waals surface area (Å²) in [5.41, 5.74) is 0.928. The van der Waals surface area contributed by atoms with Crippen molar-refractivity contribution in [3.63, 3.8) is 0 Å². The third-order valence-corrected chi connectivity index (χ3v) is 2.76. The molecule has 1 aromatic rings. The second kappa shape index (κ2) is 6.18. The fourth-order valence-electron chi connectivity index (χ4n) is 1.71. The van der Waals surface area contributed by atoms with Gasteiger partial charge in [-0.1, -0.05) is 12.1 Å². The van der Waals surface area contributed by atoms with Crippen molar-refractivity contribution in [1.82, 2.24) is 4.90 Å². The predicted molar refractivity (Wildman–Crippen MR) is 67.7 cm³/mol. The van der Waals surface area contributed by atoms with Crippen LogP contribution in [0.2, 0.25) is 0 Å². The summed E-state index contributed by atoms with van der Waals surface area (Å²) in [5.74, 6) is 5.63. The van der Waals surface area contributed by atoms with Crippen molar-refractivity contribution in [2.24, 2.45) is 5.90 Å². The normalized spacial score (nSPS) is 15.9. The molecule has 1 amide bonds. The van der Waals surface area contributed by atoms with E-state index in [1.807, 2.05) is 12.1 Å². The van der Waals surface area contributed by atoms with E-state index in [0.717, 1.165) is 5.56 Å². The number of hydrogen-bond donors (Lipinski definition) is 1. The van der Waals surface area contributed by atoms with E-state index in [1.54, 1.807) is 29.2 Å². The maximum Gasteiger partial charge on any atom is 0.246 e. The molecule has 0 aromatic heterocycles. The molecule has 0 saturated carbocycles. The molecule has 0 atom stereocenters. The van der Waals surface area contributed by atoms with Gasteiger partial charge in [0.1, 0.15) is 5.75 Å². The Bertz CT molecular complexity index is 422. The number of carbonyl (C=O) groups is 1.